The summed E-state index contributed by atoms with van der Waals surface area (Å²) in [6.07, 6.45) is 1.36. The van der Waals surface area contributed by atoms with Gasteiger partial charge < -0.3 is 16.4 Å². The average Bonchev–Trinajstić information content (AvgIpc) is 2.72. The van der Waals surface area contributed by atoms with E-state index in [9.17, 15) is 9.59 Å². The summed E-state index contributed by atoms with van der Waals surface area (Å²) in [5, 5.41) is 5.50. The van der Waals surface area contributed by atoms with Gasteiger partial charge in [-0.3, -0.25) is 0 Å². The number of carbonyl (C=O) groups excluding carboxylic acids is 2. The van der Waals surface area contributed by atoms with Gasteiger partial charge in [0.2, 0.25) is 6.08 Å². The summed E-state index contributed by atoms with van der Waals surface area (Å²) in [4.78, 5) is 23.8. The fourth-order valence-electron chi connectivity index (χ4n) is 2.97. The summed E-state index contributed by atoms with van der Waals surface area (Å²) in [5.41, 5.74) is 14.5. The molecule has 0 spiro atoms. The van der Waals surface area contributed by atoms with E-state index in [1.54, 1.807) is 0 Å². The Kier molecular flexibility index (Phi) is 14.9. The Bertz CT molecular complexity index is 880. The van der Waals surface area contributed by atoms with Crippen LogP contribution in [0, 0.1) is 41.5 Å². The van der Waals surface area contributed by atoms with Gasteiger partial charge in [0.05, 0.1) is 6.54 Å². The zero-order valence-corrected chi connectivity index (χ0v) is 21.2. The number of hydrogen-bond donors (Lipinski definition) is 3. The number of nitrogens with one attached hydrogen (secondary N) is 2. The van der Waals surface area contributed by atoms with Gasteiger partial charge in [0.15, 0.2) is 0 Å². The molecule has 0 saturated heterocycles. The Labute approximate surface area is 201 Å². The van der Waals surface area contributed by atoms with Crippen molar-refractivity contribution in [3.05, 3.63) is 57.6 Å². The number of alkyl halides is 2. The van der Waals surface area contributed by atoms with E-state index >= 15 is 0 Å². The van der Waals surface area contributed by atoms with Gasteiger partial charge in [-0.2, -0.15) is 0 Å². The first-order valence-corrected chi connectivity index (χ1v) is 11.3. The number of halogens is 2. The minimum Gasteiger partial charge on any atom is -0.398 e. The Hall–Kier alpha value is -2.53. The summed E-state index contributed by atoms with van der Waals surface area (Å²) in [7, 11) is 0. The fraction of sp³-hybridized carbons (Fsp3) is 0.417. The predicted molar refractivity (Wildman–Crippen MR) is 137 cm³/mol. The van der Waals surface area contributed by atoms with Crippen molar-refractivity contribution in [1.29, 1.82) is 0 Å². The smallest absolute Gasteiger partial charge is 0.319 e. The second-order valence-corrected chi connectivity index (χ2v) is 8.07. The summed E-state index contributed by atoms with van der Waals surface area (Å²) in [6.45, 7) is 13.0. The zero-order chi connectivity index (χ0) is 24.7. The van der Waals surface area contributed by atoms with Crippen molar-refractivity contribution in [3.8, 4) is 0 Å². The van der Waals surface area contributed by atoms with Crippen molar-refractivity contribution >= 4 is 46.7 Å². The van der Waals surface area contributed by atoms with Crippen molar-refractivity contribution in [1.82, 2.24) is 5.32 Å². The molecule has 0 aliphatic carbocycles. The number of aryl methyl sites for hydroxylation is 6. The molecule has 0 radical (unpaired) electrons. The Morgan fingerprint density at radius 1 is 0.906 bits per heavy atom. The molecule has 0 aliphatic rings. The highest BCUT2D eigenvalue weighted by molar-refractivity contribution is 6.18. The molecule has 0 aromatic heterocycles. The SMILES string of the molecule is Cc1cc(C)c(N)c(C)c1.Cc1cc(C)c(NC(=O)NCCCl)c(C)c1.O=C=NCCCl. The maximum absolute atomic E-state index is 11.5. The quantitative estimate of drug-likeness (QED) is 0.220. The van der Waals surface area contributed by atoms with Gasteiger partial charge in [0.25, 0.3) is 0 Å². The molecule has 8 heteroatoms. The van der Waals surface area contributed by atoms with Gasteiger partial charge in [-0.25, -0.2) is 14.6 Å². The maximum Gasteiger partial charge on any atom is 0.319 e. The van der Waals surface area contributed by atoms with E-state index in [0.29, 0.717) is 24.8 Å². The van der Waals surface area contributed by atoms with Crippen LogP contribution in [0.3, 0.4) is 0 Å². The number of nitrogens with two attached hydrogens (primary N) is 1. The summed E-state index contributed by atoms with van der Waals surface area (Å²) < 4.78 is 0. The normalized spacial score (nSPS) is 9.38. The minimum absolute atomic E-state index is 0.212. The lowest BCUT2D eigenvalue weighted by Gasteiger charge is -2.13. The predicted octanol–water partition coefficient (Wildman–Crippen LogP) is 5.73. The second kappa shape index (κ2) is 16.2. The molecule has 176 valence electrons. The number of benzene rings is 2. The highest BCUT2D eigenvalue weighted by atomic mass is 35.5. The summed E-state index contributed by atoms with van der Waals surface area (Å²) >= 11 is 10.6. The third-order valence-corrected chi connectivity index (χ3v) is 4.65. The molecule has 0 heterocycles. The number of amides is 2. The van der Waals surface area contributed by atoms with Crippen LogP contribution in [0.2, 0.25) is 0 Å². The Morgan fingerprint density at radius 2 is 1.38 bits per heavy atom. The molecule has 2 aromatic rings. The molecule has 2 amide bonds. The number of urea groups is 1. The number of rotatable bonds is 5. The monoisotopic (exact) mass is 480 g/mol. The first-order valence-electron chi connectivity index (χ1n) is 10.2. The highest BCUT2D eigenvalue weighted by Gasteiger charge is 2.07. The molecule has 0 aliphatic heterocycles. The van der Waals surface area contributed by atoms with E-state index in [1.807, 2.05) is 46.8 Å². The summed E-state index contributed by atoms with van der Waals surface area (Å²) in [6, 6.07) is 8.08. The molecule has 4 N–H and O–H groups in total. The number of nitrogens with zero attached hydrogens (tertiary/aromatic N) is 1. The molecule has 2 rings (SSSR count). The van der Waals surface area contributed by atoms with Crippen LogP contribution in [-0.4, -0.2) is 37.0 Å². The average molecular weight is 481 g/mol. The molecule has 0 bridgehead atoms. The van der Waals surface area contributed by atoms with E-state index in [2.05, 4.69) is 34.7 Å². The number of anilines is 2. The van der Waals surface area contributed by atoms with Gasteiger partial charge in [-0.05, 0) is 63.8 Å². The van der Waals surface area contributed by atoms with Crippen molar-refractivity contribution in [2.24, 2.45) is 4.99 Å². The van der Waals surface area contributed by atoms with Crippen LogP contribution in [0.25, 0.3) is 0 Å². The number of isocyanates is 1. The molecule has 2 aromatic carbocycles. The van der Waals surface area contributed by atoms with E-state index in [0.717, 1.165) is 22.5 Å². The van der Waals surface area contributed by atoms with Gasteiger partial charge in [0, 0.05) is 29.7 Å². The molecular weight excluding hydrogens is 447 g/mol. The van der Waals surface area contributed by atoms with Crippen LogP contribution in [0.15, 0.2) is 29.3 Å². The Balaban J connectivity index is 0.000000511. The molecule has 0 fully saturated rings. The van der Waals surface area contributed by atoms with E-state index in [1.165, 1.54) is 28.3 Å². The topological polar surface area (TPSA) is 96.6 Å². The lowest BCUT2D eigenvalue weighted by atomic mass is 10.1. The number of hydrogen-bond acceptors (Lipinski definition) is 4. The van der Waals surface area contributed by atoms with Crippen molar-refractivity contribution < 1.29 is 9.59 Å². The molecular formula is C24H34Cl2N4O2. The second-order valence-electron chi connectivity index (χ2n) is 7.32. The van der Waals surface area contributed by atoms with E-state index in [-0.39, 0.29) is 6.03 Å². The molecule has 0 saturated carbocycles. The third-order valence-electron chi connectivity index (χ3n) is 4.29. The minimum atomic E-state index is -0.212. The largest absolute Gasteiger partial charge is 0.398 e. The summed E-state index contributed by atoms with van der Waals surface area (Å²) in [5.74, 6) is 0.814. The van der Waals surface area contributed by atoms with Crippen LogP contribution < -0.4 is 16.4 Å². The maximum atomic E-state index is 11.5. The van der Waals surface area contributed by atoms with E-state index in [4.69, 9.17) is 28.9 Å². The number of carbonyl (C=O) groups is 1. The standard InChI is InChI=1S/C12H17ClN2O.C9H13N.C3H4ClNO/c1-8-6-9(2)11(10(3)7-8)15-12(16)14-5-4-13;1-6-4-7(2)9(10)8(3)5-6;4-1-2-5-3-6/h6-7H,4-5H2,1-3H3,(H2,14,15,16);4-5H,10H2,1-3H3;1-2H2. The van der Waals surface area contributed by atoms with Crippen molar-refractivity contribution in [2.75, 3.05) is 35.9 Å². The van der Waals surface area contributed by atoms with Crippen molar-refractivity contribution in [2.45, 2.75) is 41.5 Å². The van der Waals surface area contributed by atoms with Crippen LogP contribution in [-0.2, 0) is 4.79 Å². The van der Waals surface area contributed by atoms with Gasteiger partial charge in [0.1, 0.15) is 0 Å². The molecule has 0 atom stereocenters. The fourth-order valence-corrected chi connectivity index (χ4v) is 3.15. The highest BCUT2D eigenvalue weighted by Crippen LogP contribution is 2.21. The lowest BCUT2D eigenvalue weighted by Crippen LogP contribution is -2.30. The van der Waals surface area contributed by atoms with Gasteiger partial charge >= 0.3 is 6.03 Å². The molecule has 32 heavy (non-hydrogen) atoms. The van der Waals surface area contributed by atoms with Crippen LogP contribution >= 0.6 is 23.2 Å². The molecule has 6 nitrogen and oxygen atoms in total. The van der Waals surface area contributed by atoms with E-state index < -0.39 is 0 Å². The van der Waals surface area contributed by atoms with Crippen LogP contribution in [0.4, 0.5) is 16.2 Å². The first kappa shape index (κ1) is 29.5. The number of nitrogen functional groups attached to an aromatic ring is 1. The molecule has 0 unspecified atom stereocenters. The first-order chi connectivity index (χ1) is 15.1. The Morgan fingerprint density at radius 3 is 1.75 bits per heavy atom. The zero-order valence-electron chi connectivity index (χ0n) is 19.7. The van der Waals surface area contributed by atoms with Gasteiger partial charge in [-0.15, -0.1) is 23.2 Å². The number of aliphatic imine (C=N–C) groups is 1. The van der Waals surface area contributed by atoms with Crippen LogP contribution in [0.1, 0.15) is 33.4 Å². The lowest BCUT2D eigenvalue weighted by molar-refractivity contribution is 0.252. The third kappa shape index (κ3) is 11.8. The van der Waals surface area contributed by atoms with Crippen molar-refractivity contribution in [3.63, 3.8) is 0 Å². The van der Waals surface area contributed by atoms with Gasteiger partial charge in [-0.1, -0.05) is 35.4 Å². The van der Waals surface area contributed by atoms with Crippen LogP contribution in [0.5, 0.6) is 0 Å².